The highest BCUT2D eigenvalue weighted by Crippen LogP contribution is 2.28. The number of nitrogens with one attached hydrogen (secondary N) is 2. The van der Waals surface area contributed by atoms with Crippen LogP contribution < -0.4 is 10.6 Å². The highest BCUT2D eigenvalue weighted by Gasteiger charge is 2.20. The summed E-state index contributed by atoms with van der Waals surface area (Å²) in [6.07, 6.45) is 6.42. The molecule has 0 saturated heterocycles. The molecule has 1 fully saturated rings. The van der Waals surface area contributed by atoms with E-state index in [2.05, 4.69) is 32.7 Å². The molecule has 0 atom stereocenters. The van der Waals surface area contributed by atoms with Gasteiger partial charge in [-0.05, 0) is 44.2 Å². The predicted octanol–water partition coefficient (Wildman–Crippen LogP) is 1.64. The Labute approximate surface area is 148 Å². The Morgan fingerprint density at radius 2 is 2.24 bits per heavy atom. The van der Waals surface area contributed by atoms with Crippen LogP contribution in [0.3, 0.4) is 0 Å². The number of ether oxygens (including phenoxy) is 1. The van der Waals surface area contributed by atoms with Crippen LogP contribution in [0.5, 0.6) is 0 Å². The largest absolute Gasteiger partial charge is 0.381 e. The van der Waals surface area contributed by atoms with E-state index in [0.29, 0.717) is 0 Å². The average molecular weight is 344 g/mol. The Kier molecular flexibility index (Phi) is 6.62. The van der Waals surface area contributed by atoms with Crippen LogP contribution in [0.25, 0.3) is 5.65 Å². The summed E-state index contributed by atoms with van der Waals surface area (Å²) in [7, 11) is 0. The summed E-state index contributed by atoms with van der Waals surface area (Å²) >= 11 is 0. The van der Waals surface area contributed by atoms with E-state index in [1.54, 1.807) is 0 Å². The van der Waals surface area contributed by atoms with E-state index in [1.165, 1.54) is 12.8 Å². The van der Waals surface area contributed by atoms with Gasteiger partial charge in [-0.15, -0.1) is 10.2 Å². The first-order chi connectivity index (χ1) is 12.4. The van der Waals surface area contributed by atoms with Crippen LogP contribution >= 0.6 is 0 Å². The van der Waals surface area contributed by atoms with Gasteiger partial charge in [-0.25, -0.2) is 0 Å². The molecule has 7 heteroatoms. The fourth-order valence-electron chi connectivity index (χ4n) is 2.59. The fraction of sp³-hybridized carbons (Fsp3) is 0.611. The number of guanidine groups is 1. The van der Waals surface area contributed by atoms with Gasteiger partial charge in [-0.1, -0.05) is 6.07 Å². The van der Waals surface area contributed by atoms with Crippen molar-refractivity contribution in [3.63, 3.8) is 0 Å². The molecule has 0 aliphatic heterocycles. The number of nitrogens with zero attached hydrogens (tertiary/aromatic N) is 4. The van der Waals surface area contributed by atoms with Gasteiger partial charge in [0.15, 0.2) is 11.6 Å². The van der Waals surface area contributed by atoms with Gasteiger partial charge in [-0.2, -0.15) is 0 Å². The van der Waals surface area contributed by atoms with Crippen molar-refractivity contribution in [1.29, 1.82) is 0 Å². The first kappa shape index (κ1) is 17.7. The number of aliphatic imine (C=N–C) groups is 1. The van der Waals surface area contributed by atoms with Gasteiger partial charge in [0.05, 0.1) is 0 Å². The minimum Gasteiger partial charge on any atom is -0.381 e. The minimum absolute atomic E-state index is 0.764. The van der Waals surface area contributed by atoms with Gasteiger partial charge in [0.25, 0.3) is 0 Å². The van der Waals surface area contributed by atoms with E-state index in [9.17, 15) is 0 Å². The van der Waals surface area contributed by atoms with E-state index < -0.39 is 0 Å². The van der Waals surface area contributed by atoms with E-state index >= 15 is 0 Å². The molecule has 0 unspecified atom stereocenters. The summed E-state index contributed by atoms with van der Waals surface area (Å²) < 4.78 is 7.66. The molecule has 3 rings (SSSR count). The number of fused-ring (bicyclic) bond motifs is 1. The number of hydrogen-bond acceptors (Lipinski definition) is 4. The summed E-state index contributed by atoms with van der Waals surface area (Å²) in [6.45, 7) is 6.17. The van der Waals surface area contributed by atoms with E-state index in [-0.39, 0.29) is 0 Å². The van der Waals surface area contributed by atoms with Gasteiger partial charge in [-0.3, -0.25) is 9.39 Å². The van der Waals surface area contributed by atoms with Crippen LogP contribution in [0.1, 0.15) is 32.0 Å². The Morgan fingerprint density at radius 3 is 3.08 bits per heavy atom. The molecule has 0 aromatic carbocycles. The molecule has 1 aliphatic rings. The van der Waals surface area contributed by atoms with Gasteiger partial charge < -0.3 is 15.4 Å². The SMILES string of the molecule is CCNC(=NCCCOCC1CC1)NCCc1nnc2ccccn12. The molecular formula is C18H28N6O. The Morgan fingerprint density at radius 1 is 1.32 bits per heavy atom. The normalized spacial score (nSPS) is 14.8. The van der Waals surface area contributed by atoms with Gasteiger partial charge in [0.2, 0.25) is 0 Å². The second kappa shape index (κ2) is 9.36. The average Bonchev–Trinajstić information content (AvgIpc) is 3.37. The lowest BCUT2D eigenvalue weighted by atomic mass is 10.4. The molecule has 0 spiro atoms. The third-order valence-electron chi connectivity index (χ3n) is 4.14. The molecule has 7 nitrogen and oxygen atoms in total. The Bertz CT molecular complexity index is 679. The molecular weight excluding hydrogens is 316 g/mol. The van der Waals surface area contributed by atoms with Crippen LogP contribution in [-0.2, 0) is 11.2 Å². The topological polar surface area (TPSA) is 75.8 Å². The first-order valence-electron chi connectivity index (χ1n) is 9.25. The smallest absolute Gasteiger partial charge is 0.191 e. The number of rotatable bonds is 10. The van der Waals surface area contributed by atoms with Gasteiger partial charge in [0.1, 0.15) is 5.82 Å². The highest BCUT2D eigenvalue weighted by atomic mass is 16.5. The molecule has 25 heavy (non-hydrogen) atoms. The zero-order chi connectivity index (χ0) is 17.3. The monoisotopic (exact) mass is 344 g/mol. The van der Waals surface area contributed by atoms with Gasteiger partial charge in [0, 0.05) is 45.5 Å². The van der Waals surface area contributed by atoms with Crippen molar-refractivity contribution < 1.29 is 4.74 Å². The Balaban J connectivity index is 1.39. The molecule has 0 bridgehead atoms. The van der Waals surface area contributed by atoms with E-state index in [0.717, 1.165) is 69.0 Å². The third kappa shape index (κ3) is 5.70. The first-order valence-corrected chi connectivity index (χ1v) is 9.25. The standard InChI is InChI=1S/C18H28N6O/c1-2-19-18(20-10-5-13-25-14-15-7-8-15)21-11-9-17-23-22-16-6-3-4-12-24(16)17/h3-4,6,12,15H,2,5,7-11,13-14H2,1H3,(H2,19,20,21). The lowest BCUT2D eigenvalue weighted by molar-refractivity contribution is 0.123. The van der Waals surface area contributed by atoms with Crippen molar-refractivity contribution in [1.82, 2.24) is 25.2 Å². The zero-order valence-electron chi connectivity index (χ0n) is 14.9. The van der Waals surface area contributed by atoms with Crippen LogP contribution in [0, 0.1) is 5.92 Å². The minimum atomic E-state index is 0.764. The van der Waals surface area contributed by atoms with E-state index in [4.69, 9.17) is 4.74 Å². The maximum atomic E-state index is 5.64. The molecule has 2 heterocycles. The summed E-state index contributed by atoms with van der Waals surface area (Å²) in [5.74, 6) is 2.63. The summed E-state index contributed by atoms with van der Waals surface area (Å²) in [5, 5.41) is 15.1. The van der Waals surface area contributed by atoms with E-state index in [1.807, 2.05) is 28.8 Å². The van der Waals surface area contributed by atoms with Crippen LogP contribution in [0.15, 0.2) is 29.4 Å². The van der Waals surface area contributed by atoms with Crippen molar-refractivity contribution in [2.75, 3.05) is 32.8 Å². The zero-order valence-corrected chi connectivity index (χ0v) is 14.9. The molecule has 2 aromatic heterocycles. The van der Waals surface area contributed by atoms with Crippen LogP contribution in [0.2, 0.25) is 0 Å². The summed E-state index contributed by atoms with van der Waals surface area (Å²) in [4.78, 5) is 4.60. The molecule has 136 valence electrons. The molecule has 1 aliphatic carbocycles. The lowest BCUT2D eigenvalue weighted by Gasteiger charge is -2.11. The van der Waals surface area contributed by atoms with Crippen LogP contribution in [-0.4, -0.2) is 53.4 Å². The molecule has 2 aromatic rings. The van der Waals surface area contributed by atoms with Crippen molar-refractivity contribution >= 4 is 11.6 Å². The van der Waals surface area contributed by atoms with Crippen molar-refractivity contribution in [2.24, 2.45) is 10.9 Å². The number of hydrogen-bond donors (Lipinski definition) is 2. The molecule has 0 amide bonds. The summed E-state index contributed by atoms with van der Waals surface area (Å²) in [6, 6.07) is 5.92. The fourth-order valence-corrected chi connectivity index (χ4v) is 2.59. The second-order valence-corrected chi connectivity index (χ2v) is 6.35. The lowest BCUT2D eigenvalue weighted by Crippen LogP contribution is -2.38. The molecule has 0 radical (unpaired) electrons. The maximum absolute atomic E-state index is 5.64. The molecule has 2 N–H and O–H groups in total. The third-order valence-corrected chi connectivity index (χ3v) is 4.14. The highest BCUT2D eigenvalue weighted by molar-refractivity contribution is 5.79. The van der Waals surface area contributed by atoms with Crippen molar-refractivity contribution in [3.05, 3.63) is 30.2 Å². The van der Waals surface area contributed by atoms with Crippen molar-refractivity contribution in [2.45, 2.75) is 32.6 Å². The number of aromatic nitrogens is 3. The number of pyridine rings is 1. The Hall–Kier alpha value is -2.15. The van der Waals surface area contributed by atoms with Crippen molar-refractivity contribution in [3.8, 4) is 0 Å². The molecule has 1 saturated carbocycles. The second-order valence-electron chi connectivity index (χ2n) is 6.35. The van der Waals surface area contributed by atoms with Crippen LogP contribution in [0.4, 0.5) is 0 Å². The maximum Gasteiger partial charge on any atom is 0.191 e. The predicted molar refractivity (Wildman–Crippen MR) is 98.8 cm³/mol. The quantitative estimate of drug-likeness (QED) is 0.389. The van der Waals surface area contributed by atoms with Gasteiger partial charge >= 0.3 is 0 Å². The summed E-state index contributed by atoms with van der Waals surface area (Å²) in [5.41, 5.74) is 0.879.